The molecule has 4 rings (SSSR count). The van der Waals surface area contributed by atoms with E-state index in [1.807, 2.05) is 22.8 Å². The van der Waals surface area contributed by atoms with Crippen LogP contribution in [0.1, 0.15) is 51.3 Å². The molecule has 0 fully saturated rings. The van der Waals surface area contributed by atoms with Crippen molar-refractivity contribution in [3.05, 3.63) is 75.4 Å². The first-order chi connectivity index (χ1) is 16.5. The van der Waals surface area contributed by atoms with Gasteiger partial charge in [0.2, 0.25) is 0 Å². The van der Waals surface area contributed by atoms with Crippen LogP contribution in [0.2, 0.25) is 5.15 Å². The van der Waals surface area contributed by atoms with E-state index >= 15 is 0 Å². The number of H-pyrrole nitrogens is 1. The fourth-order valence-corrected chi connectivity index (χ4v) is 4.48. The topological polar surface area (TPSA) is 81.4 Å². The molecule has 0 saturated heterocycles. The van der Waals surface area contributed by atoms with E-state index in [0.717, 1.165) is 53.6 Å². The van der Waals surface area contributed by atoms with Gasteiger partial charge in [-0.2, -0.15) is 0 Å². The second-order valence-corrected chi connectivity index (χ2v) is 9.39. The van der Waals surface area contributed by atoms with Gasteiger partial charge in [0.1, 0.15) is 5.15 Å². The summed E-state index contributed by atoms with van der Waals surface area (Å²) < 4.78 is 3.59. The van der Waals surface area contributed by atoms with Crippen LogP contribution in [0.5, 0.6) is 0 Å². The number of aromatic amines is 1. The maximum Gasteiger partial charge on any atom is 0.329 e. The summed E-state index contributed by atoms with van der Waals surface area (Å²) in [6.45, 7) is 7.62. The van der Waals surface area contributed by atoms with Crippen LogP contribution in [-0.4, -0.2) is 29.8 Å². The van der Waals surface area contributed by atoms with Crippen molar-refractivity contribution in [2.45, 2.75) is 59.5 Å². The number of aromatic nitrogens is 6. The lowest BCUT2D eigenvalue weighted by atomic mass is 9.98. The van der Waals surface area contributed by atoms with Crippen molar-refractivity contribution in [3.63, 3.8) is 0 Å². The maximum atomic E-state index is 13.3. The van der Waals surface area contributed by atoms with E-state index in [-0.39, 0.29) is 5.69 Å². The third-order valence-corrected chi connectivity index (χ3v) is 6.52. The van der Waals surface area contributed by atoms with Crippen LogP contribution in [0.3, 0.4) is 0 Å². The molecule has 0 radical (unpaired) electrons. The summed E-state index contributed by atoms with van der Waals surface area (Å²) in [7, 11) is 0. The van der Waals surface area contributed by atoms with Gasteiger partial charge in [0.15, 0.2) is 5.82 Å². The van der Waals surface area contributed by atoms with Crippen LogP contribution in [0.15, 0.2) is 53.3 Å². The van der Waals surface area contributed by atoms with Gasteiger partial charge < -0.3 is 0 Å². The van der Waals surface area contributed by atoms with Crippen molar-refractivity contribution in [3.8, 4) is 22.5 Å². The van der Waals surface area contributed by atoms with E-state index in [9.17, 15) is 4.79 Å². The summed E-state index contributed by atoms with van der Waals surface area (Å²) in [5.74, 6) is 1.14. The van der Waals surface area contributed by atoms with Crippen molar-refractivity contribution >= 4 is 11.6 Å². The van der Waals surface area contributed by atoms with Crippen molar-refractivity contribution in [1.29, 1.82) is 0 Å². The third-order valence-electron chi connectivity index (χ3n) is 6.09. The highest BCUT2D eigenvalue weighted by molar-refractivity contribution is 6.30. The zero-order valence-electron chi connectivity index (χ0n) is 20.0. The molecule has 2 aromatic heterocycles. The second-order valence-electron chi connectivity index (χ2n) is 9.04. The SMILES string of the molecule is CCCCc1c(Cl)n(CCC(C)C)c(=O)n1Cc1ccc(-c2ccccc2-c2nnn[nH]2)cc1. The van der Waals surface area contributed by atoms with E-state index in [0.29, 0.717) is 30.0 Å². The molecule has 4 aromatic rings. The monoisotopic (exact) mass is 478 g/mol. The van der Waals surface area contributed by atoms with E-state index in [2.05, 4.69) is 71.7 Å². The van der Waals surface area contributed by atoms with Crippen LogP contribution < -0.4 is 5.69 Å². The normalized spacial score (nSPS) is 11.4. The fourth-order valence-electron chi connectivity index (χ4n) is 4.13. The quantitative estimate of drug-likeness (QED) is 0.322. The molecule has 0 bridgehead atoms. The Labute approximate surface area is 204 Å². The van der Waals surface area contributed by atoms with E-state index in [4.69, 9.17) is 11.6 Å². The van der Waals surface area contributed by atoms with Crippen LogP contribution in [-0.2, 0) is 19.5 Å². The van der Waals surface area contributed by atoms with Gasteiger partial charge in [-0.25, -0.2) is 9.89 Å². The molecule has 0 spiro atoms. The van der Waals surface area contributed by atoms with Gasteiger partial charge in [-0.3, -0.25) is 9.13 Å². The van der Waals surface area contributed by atoms with E-state index in [1.54, 1.807) is 4.57 Å². The highest BCUT2D eigenvalue weighted by Crippen LogP contribution is 2.30. The Balaban J connectivity index is 1.63. The summed E-state index contributed by atoms with van der Waals surface area (Å²) in [4.78, 5) is 13.3. The summed E-state index contributed by atoms with van der Waals surface area (Å²) in [6.07, 6.45) is 3.78. The zero-order valence-corrected chi connectivity index (χ0v) is 20.7. The van der Waals surface area contributed by atoms with Crippen molar-refractivity contribution < 1.29 is 0 Å². The summed E-state index contributed by atoms with van der Waals surface area (Å²) in [5, 5.41) is 14.9. The first-order valence-electron chi connectivity index (χ1n) is 11.9. The summed E-state index contributed by atoms with van der Waals surface area (Å²) in [5.41, 5.74) is 5.00. The Bertz CT molecular complexity index is 1270. The standard InChI is InChI=1S/C26H31ClN6O/c1-4-5-10-23-24(27)32(16-15-18(2)3)26(34)33(23)17-19-11-13-20(14-12-19)21-8-6-7-9-22(21)25-28-30-31-29-25/h6-9,11-14,18H,4-5,10,15-17H2,1-3H3,(H,28,29,30,31). The number of hydrogen-bond donors (Lipinski definition) is 1. The molecule has 8 heteroatoms. The number of unbranched alkanes of at least 4 members (excludes halogenated alkanes) is 1. The van der Waals surface area contributed by atoms with Gasteiger partial charge in [-0.05, 0) is 52.3 Å². The number of hydrogen-bond acceptors (Lipinski definition) is 4. The van der Waals surface area contributed by atoms with Crippen LogP contribution in [0.25, 0.3) is 22.5 Å². The van der Waals surface area contributed by atoms with Gasteiger partial charge >= 0.3 is 5.69 Å². The largest absolute Gasteiger partial charge is 0.329 e. The summed E-state index contributed by atoms with van der Waals surface area (Å²) in [6, 6.07) is 16.3. The van der Waals surface area contributed by atoms with Gasteiger partial charge in [-0.15, -0.1) is 5.10 Å². The molecule has 1 N–H and O–H groups in total. The predicted molar refractivity (Wildman–Crippen MR) is 136 cm³/mol. The number of tetrazole rings is 1. The van der Waals surface area contributed by atoms with Crippen molar-refractivity contribution in [2.75, 3.05) is 0 Å². The van der Waals surface area contributed by atoms with Crippen LogP contribution >= 0.6 is 11.6 Å². The smallest absolute Gasteiger partial charge is 0.290 e. The molecule has 178 valence electrons. The molecular weight excluding hydrogens is 448 g/mol. The van der Waals surface area contributed by atoms with Gasteiger partial charge in [0.25, 0.3) is 0 Å². The molecule has 2 heterocycles. The predicted octanol–water partition coefficient (Wildman–Crippen LogP) is 5.59. The second kappa shape index (κ2) is 10.8. The Morgan fingerprint density at radius 3 is 2.41 bits per heavy atom. The number of rotatable bonds is 10. The third kappa shape index (κ3) is 5.14. The van der Waals surface area contributed by atoms with Crippen molar-refractivity contribution in [1.82, 2.24) is 29.8 Å². The Kier molecular flexibility index (Phi) is 7.63. The Hall–Kier alpha value is -3.19. The van der Waals surface area contributed by atoms with Crippen LogP contribution in [0.4, 0.5) is 0 Å². The molecule has 7 nitrogen and oxygen atoms in total. The number of benzene rings is 2. The molecule has 0 unspecified atom stereocenters. The Morgan fingerprint density at radius 1 is 1.03 bits per heavy atom. The van der Waals surface area contributed by atoms with E-state index in [1.165, 1.54) is 0 Å². The van der Waals surface area contributed by atoms with E-state index < -0.39 is 0 Å². The van der Waals surface area contributed by atoms with Gasteiger partial charge in [0, 0.05) is 12.1 Å². The summed E-state index contributed by atoms with van der Waals surface area (Å²) >= 11 is 6.71. The highest BCUT2D eigenvalue weighted by Gasteiger charge is 2.19. The number of nitrogens with one attached hydrogen (secondary N) is 1. The Morgan fingerprint density at radius 2 is 1.76 bits per heavy atom. The molecular formula is C26H31ClN6O. The van der Waals surface area contributed by atoms with Gasteiger partial charge in [0.05, 0.1) is 12.2 Å². The lowest BCUT2D eigenvalue weighted by Gasteiger charge is -2.10. The van der Waals surface area contributed by atoms with Crippen LogP contribution in [0, 0.1) is 5.92 Å². The molecule has 0 aliphatic rings. The van der Waals surface area contributed by atoms with Crippen molar-refractivity contribution in [2.24, 2.45) is 5.92 Å². The first-order valence-corrected chi connectivity index (χ1v) is 12.3. The minimum absolute atomic E-state index is 0.0241. The van der Waals surface area contributed by atoms with Gasteiger partial charge in [-0.1, -0.05) is 87.3 Å². The first kappa shape index (κ1) is 24.0. The minimum atomic E-state index is -0.0241. The lowest BCUT2D eigenvalue weighted by molar-refractivity contribution is 0.503. The fraction of sp³-hybridized carbons (Fsp3) is 0.385. The highest BCUT2D eigenvalue weighted by atomic mass is 35.5. The molecule has 0 saturated carbocycles. The number of imidazole rings is 1. The molecule has 2 aromatic carbocycles. The average Bonchev–Trinajstić information content (AvgIpc) is 3.45. The molecule has 34 heavy (non-hydrogen) atoms. The minimum Gasteiger partial charge on any atom is -0.290 e. The molecule has 0 aliphatic heterocycles. The molecule has 0 aliphatic carbocycles. The molecule has 0 amide bonds. The zero-order chi connectivity index (χ0) is 24.1. The molecule has 0 atom stereocenters. The average molecular weight is 479 g/mol. The number of halogens is 1. The maximum absolute atomic E-state index is 13.3. The number of nitrogens with zero attached hydrogens (tertiary/aromatic N) is 5. The lowest BCUT2D eigenvalue weighted by Crippen LogP contribution is -2.26.